The van der Waals surface area contributed by atoms with Gasteiger partial charge in [-0.2, -0.15) is 4.98 Å². The molecule has 0 amide bonds. The smallest absolute Gasteiger partial charge is 0.213 e. The quantitative estimate of drug-likeness (QED) is 0.655. The van der Waals surface area contributed by atoms with Crippen molar-refractivity contribution in [3.8, 4) is 5.75 Å². The van der Waals surface area contributed by atoms with Gasteiger partial charge in [0.05, 0.1) is 24.5 Å². The Morgan fingerprint density at radius 1 is 1.38 bits per heavy atom. The molecule has 7 heteroatoms. The maximum absolute atomic E-state index is 6.01. The van der Waals surface area contributed by atoms with Crippen molar-refractivity contribution in [2.75, 3.05) is 6.61 Å². The molecule has 6 nitrogen and oxygen atoms in total. The highest BCUT2D eigenvalue weighted by molar-refractivity contribution is 6.16. The first-order chi connectivity index (χ1) is 10.3. The van der Waals surface area contributed by atoms with E-state index in [9.17, 15) is 0 Å². The standard InChI is InChI=1S/C14H15ClN4O2/c1-2-6-20-11-5-3-4-10-14(11)17-13(7-15)19(10)8-12-16-9-21-18-12/h3-5,9H,2,6-8H2,1H3. The van der Waals surface area contributed by atoms with Crippen molar-refractivity contribution in [2.45, 2.75) is 25.8 Å². The van der Waals surface area contributed by atoms with Gasteiger partial charge in [-0.05, 0) is 18.6 Å². The molecule has 0 unspecified atom stereocenters. The van der Waals surface area contributed by atoms with Crippen molar-refractivity contribution in [1.29, 1.82) is 0 Å². The summed E-state index contributed by atoms with van der Waals surface area (Å²) in [6.07, 6.45) is 2.26. The van der Waals surface area contributed by atoms with E-state index >= 15 is 0 Å². The first kappa shape index (κ1) is 13.9. The molecule has 0 saturated carbocycles. The van der Waals surface area contributed by atoms with E-state index in [1.165, 1.54) is 6.39 Å². The van der Waals surface area contributed by atoms with Gasteiger partial charge in [-0.15, -0.1) is 11.6 Å². The topological polar surface area (TPSA) is 66.0 Å². The number of ether oxygens (including phenoxy) is 1. The van der Waals surface area contributed by atoms with Crippen LogP contribution in [0, 0.1) is 0 Å². The van der Waals surface area contributed by atoms with Crippen molar-refractivity contribution >= 4 is 22.6 Å². The predicted octanol–water partition coefficient (Wildman–Crippen LogP) is 3.00. The third kappa shape index (κ3) is 2.71. The average Bonchev–Trinajstić information content (AvgIpc) is 3.14. The lowest BCUT2D eigenvalue weighted by Gasteiger charge is -2.06. The van der Waals surface area contributed by atoms with Crippen LogP contribution in [0.1, 0.15) is 25.0 Å². The fourth-order valence-electron chi connectivity index (χ4n) is 2.18. The molecule has 0 N–H and O–H groups in total. The fraction of sp³-hybridized carbons (Fsp3) is 0.357. The summed E-state index contributed by atoms with van der Waals surface area (Å²) in [4.78, 5) is 8.63. The predicted molar refractivity (Wildman–Crippen MR) is 78.5 cm³/mol. The van der Waals surface area contributed by atoms with E-state index in [4.69, 9.17) is 20.9 Å². The van der Waals surface area contributed by atoms with Gasteiger partial charge in [0.15, 0.2) is 5.82 Å². The number of imidazole rings is 1. The van der Waals surface area contributed by atoms with Crippen molar-refractivity contribution < 1.29 is 9.26 Å². The number of aromatic nitrogens is 4. The molecule has 0 fully saturated rings. The molecule has 2 aromatic heterocycles. The number of para-hydroxylation sites is 1. The lowest BCUT2D eigenvalue weighted by Crippen LogP contribution is -2.05. The Morgan fingerprint density at radius 2 is 2.29 bits per heavy atom. The highest BCUT2D eigenvalue weighted by Crippen LogP contribution is 2.27. The number of nitrogens with zero attached hydrogens (tertiary/aromatic N) is 4. The van der Waals surface area contributed by atoms with E-state index < -0.39 is 0 Å². The normalized spacial score (nSPS) is 11.1. The summed E-state index contributed by atoms with van der Waals surface area (Å²) in [6, 6.07) is 5.85. The monoisotopic (exact) mass is 306 g/mol. The second-order valence-corrected chi connectivity index (χ2v) is 4.83. The molecular formula is C14H15ClN4O2. The third-order valence-electron chi connectivity index (χ3n) is 3.11. The Balaban J connectivity index is 2.05. The molecule has 21 heavy (non-hydrogen) atoms. The number of alkyl halides is 1. The van der Waals surface area contributed by atoms with E-state index in [0.717, 1.165) is 29.0 Å². The summed E-state index contributed by atoms with van der Waals surface area (Å²) in [6.45, 7) is 3.19. The van der Waals surface area contributed by atoms with Gasteiger partial charge in [-0.25, -0.2) is 4.98 Å². The first-order valence-corrected chi connectivity index (χ1v) is 7.29. The van der Waals surface area contributed by atoms with Crippen molar-refractivity contribution in [3.63, 3.8) is 0 Å². The molecule has 0 radical (unpaired) electrons. The maximum Gasteiger partial charge on any atom is 0.213 e. The minimum absolute atomic E-state index is 0.305. The van der Waals surface area contributed by atoms with Gasteiger partial charge in [0.25, 0.3) is 0 Å². The molecule has 0 atom stereocenters. The Labute approximate surface area is 126 Å². The minimum Gasteiger partial charge on any atom is -0.491 e. The summed E-state index contributed by atoms with van der Waals surface area (Å²) in [5.41, 5.74) is 1.76. The lowest BCUT2D eigenvalue weighted by atomic mass is 10.3. The van der Waals surface area contributed by atoms with E-state index in [1.807, 2.05) is 22.8 Å². The molecule has 3 aromatic rings. The second-order valence-electron chi connectivity index (χ2n) is 4.57. The van der Waals surface area contributed by atoms with Crippen LogP contribution in [-0.4, -0.2) is 26.3 Å². The van der Waals surface area contributed by atoms with Gasteiger partial charge >= 0.3 is 0 Å². The van der Waals surface area contributed by atoms with Crippen LogP contribution in [0.3, 0.4) is 0 Å². The molecule has 0 spiro atoms. The summed E-state index contributed by atoms with van der Waals surface area (Å²) >= 11 is 6.01. The van der Waals surface area contributed by atoms with Crippen molar-refractivity contribution in [1.82, 2.24) is 19.7 Å². The largest absolute Gasteiger partial charge is 0.491 e. The van der Waals surface area contributed by atoms with E-state index in [2.05, 4.69) is 22.0 Å². The second kappa shape index (κ2) is 6.13. The van der Waals surface area contributed by atoms with Gasteiger partial charge in [-0.3, -0.25) is 0 Å². The molecular weight excluding hydrogens is 292 g/mol. The van der Waals surface area contributed by atoms with Gasteiger partial charge < -0.3 is 13.8 Å². The number of hydrogen-bond donors (Lipinski definition) is 0. The molecule has 2 heterocycles. The summed E-state index contributed by atoms with van der Waals surface area (Å²) in [7, 11) is 0. The molecule has 3 rings (SSSR count). The number of halogens is 1. The fourth-order valence-corrected chi connectivity index (χ4v) is 2.38. The minimum atomic E-state index is 0.305. The Kier molecular flexibility index (Phi) is 4.06. The van der Waals surface area contributed by atoms with Crippen LogP contribution < -0.4 is 4.74 Å². The highest BCUT2D eigenvalue weighted by Gasteiger charge is 2.15. The summed E-state index contributed by atoms with van der Waals surface area (Å²) in [5, 5.41) is 3.84. The number of benzene rings is 1. The zero-order chi connectivity index (χ0) is 14.7. The molecule has 1 aromatic carbocycles. The molecule has 0 aliphatic heterocycles. The van der Waals surface area contributed by atoms with Gasteiger partial charge in [-0.1, -0.05) is 18.1 Å². The van der Waals surface area contributed by atoms with Crippen LogP contribution >= 0.6 is 11.6 Å². The maximum atomic E-state index is 6.01. The Morgan fingerprint density at radius 3 is 3.00 bits per heavy atom. The zero-order valence-electron chi connectivity index (χ0n) is 11.6. The first-order valence-electron chi connectivity index (χ1n) is 6.75. The third-order valence-corrected chi connectivity index (χ3v) is 3.35. The van der Waals surface area contributed by atoms with Crippen molar-refractivity contribution in [3.05, 3.63) is 36.2 Å². The molecule has 0 saturated heterocycles. The van der Waals surface area contributed by atoms with Crippen LogP contribution in [0.15, 0.2) is 29.1 Å². The lowest BCUT2D eigenvalue weighted by molar-refractivity contribution is 0.320. The summed E-state index contributed by atoms with van der Waals surface area (Å²) in [5.74, 6) is 2.41. The van der Waals surface area contributed by atoms with Crippen LogP contribution in [0.25, 0.3) is 11.0 Å². The Hall–Kier alpha value is -2.08. The molecule has 0 aliphatic carbocycles. The molecule has 0 bridgehead atoms. The van der Waals surface area contributed by atoms with Crippen molar-refractivity contribution in [2.24, 2.45) is 0 Å². The zero-order valence-corrected chi connectivity index (χ0v) is 12.4. The molecule has 0 aliphatic rings. The van der Waals surface area contributed by atoms with E-state index in [-0.39, 0.29) is 0 Å². The van der Waals surface area contributed by atoms with Crippen LogP contribution in [-0.2, 0) is 12.4 Å². The number of hydrogen-bond acceptors (Lipinski definition) is 5. The van der Waals surface area contributed by atoms with Crippen LogP contribution in [0.2, 0.25) is 0 Å². The number of fused-ring (bicyclic) bond motifs is 1. The van der Waals surface area contributed by atoms with Crippen LogP contribution in [0.5, 0.6) is 5.75 Å². The Bertz CT molecular complexity index is 724. The van der Waals surface area contributed by atoms with E-state index in [0.29, 0.717) is 24.9 Å². The van der Waals surface area contributed by atoms with Gasteiger partial charge in [0.2, 0.25) is 6.39 Å². The number of rotatable bonds is 6. The van der Waals surface area contributed by atoms with Gasteiger partial charge in [0, 0.05) is 0 Å². The van der Waals surface area contributed by atoms with E-state index in [1.54, 1.807) is 0 Å². The van der Waals surface area contributed by atoms with Gasteiger partial charge in [0.1, 0.15) is 17.1 Å². The summed E-state index contributed by atoms with van der Waals surface area (Å²) < 4.78 is 12.5. The molecule has 110 valence electrons. The van der Waals surface area contributed by atoms with Crippen LogP contribution in [0.4, 0.5) is 0 Å². The highest BCUT2D eigenvalue weighted by atomic mass is 35.5. The SMILES string of the molecule is CCCOc1cccc2c1nc(CCl)n2Cc1ncon1. The average molecular weight is 307 g/mol.